The van der Waals surface area contributed by atoms with Crippen molar-refractivity contribution in [2.45, 2.75) is 41.4 Å². The molecule has 2 aromatic rings. The van der Waals surface area contributed by atoms with Gasteiger partial charge < -0.3 is 15.3 Å². The van der Waals surface area contributed by atoms with Gasteiger partial charge in [0.1, 0.15) is 12.7 Å². The molecule has 2 atom stereocenters. The van der Waals surface area contributed by atoms with Gasteiger partial charge in [-0.1, -0.05) is 16.8 Å². The highest BCUT2D eigenvalue weighted by atomic mass is 35.5. The van der Waals surface area contributed by atoms with Crippen LogP contribution in [0.15, 0.2) is 40.4 Å². The zero-order chi connectivity index (χ0) is 25.5. The minimum atomic E-state index is -4.02. The van der Waals surface area contributed by atoms with Crippen LogP contribution in [0.5, 0.6) is 0 Å². The molecular weight excluding hydrogens is 509 g/mol. The number of aliphatic hydroxyl groups is 1. The summed E-state index contributed by atoms with van der Waals surface area (Å²) in [5.74, 6) is -6.21. The number of anilines is 1. The summed E-state index contributed by atoms with van der Waals surface area (Å²) in [6.45, 7) is 0. The molecule has 0 heterocycles. The van der Waals surface area contributed by atoms with Gasteiger partial charge in [-0.15, -0.1) is 0 Å². The van der Waals surface area contributed by atoms with E-state index in [1.54, 1.807) is 0 Å². The van der Waals surface area contributed by atoms with E-state index in [1.807, 2.05) is 0 Å². The molecule has 2 unspecified atom stereocenters. The number of amides is 1. The third-order valence-corrected chi connectivity index (χ3v) is 9.45. The summed E-state index contributed by atoms with van der Waals surface area (Å²) >= 11 is 6.23. The summed E-state index contributed by atoms with van der Waals surface area (Å²) in [5.41, 5.74) is -1.74. The molecule has 2 aromatic carbocycles. The van der Waals surface area contributed by atoms with Crippen LogP contribution in [0.4, 0.5) is 18.9 Å². The van der Waals surface area contributed by atoms with Gasteiger partial charge >= 0.3 is 0 Å². The smallest absolute Gasteiger partial charge is 0.255 e. The van der Waals surface area contributed by atoms with E-state index >= 15 is 0 Å². The van der Waals surface area contributed by atoms with Crippen LogP contribution in [0.1, 0.15) is 36.0 Å². The van der Waals surface area contributed by atoms with Crippen molar-refractivity contribution in [2.75, 3.05) is 12.4 Å². The number of carbonyl (C=O) groups is 1. The Morgan fingerprint density at radius 1 is 1.17 bits per heavy atom. The number of benzene rings is 2. The Balaban J connectivity index is 1.61. The summed E-state index contributed by atoms with van der Waals surface area (Å²) in [6, 6.07) is 4.84. The van der Waals surface area contributed by atoms with Crippen LogP contribution in [0.25, 0.3) is 0 Å². The lowest BCUT2D eigenvalue weighted by Crippen LogP contribution is -2.47. The molecule has 2 aliphatic rings. The van der Waals surface area contributed by atoms with Gasteiger partial charge in [0.2, 0.25) is 0 Å². The summed E-state index contributed by atoms with van der Waals surface area (Å²) in [6.07, 6.45) is 2.84. The number of nitrogens with zero attached hydrogens (tertiary/aromatic N) is 1. The average Bonchev–Trinajstić information content (AvgIpc) is 3.09. The summed E-state index contributed by atoms with van der Waals surface area (Å²) in [4.78, 5) is 17.1. The lowest BCUT2D eigenvalue weighted by atomic mass is 9.78. The molecule has 12 heteroatoms. The maximum atomic E-state index is 13.7. The second-order valence-electron chi connectivity index (χ2n) is 8.89. The van der Waals surface area contributed by atoms with Gasteiger partial charge in [-0.2, -0.15) is 0 Å². The van der Waals surface area contributed by atoms with Crippen molar-refractivity contribution in [3.05, 3.63) is 58.4 Å². The standard InChI is InChI=1S/C23H22ClF3N2O5S/c1-34-28-11-23(31)9-13-2-3-14(10-23)21(13)35(32,33)19-6-12(4-5-16(19)24)22(30)29-15-7-17(25)20(27)18(26)8-15/h4-8,11,13-14,21,31H,2-3,9-10H2,1H3,(H,29,30)/b28-11+. The second-order valence-corrected chi connectivity index (χ2v) is 11.4. The van der Waals surface area contributed by atoms with Gasteiger partial charge in [0.15, 0.2) is 27.3 Å². The van der Waals surface area contributed by atoms with Crippen molar-refractivity contribution in [3.8, 4) is 0 Å². The number of oxime groups is 1. The van der Waals surface area contributed by atoms with Crippen LogP contribution in [0.3, 0.4) is 0 Å². The molecule has 0 radical (unpaired) electrons. The monoisotopic (exact) mass is 530 g/mol. The maximum absolute atomic E-state index is 13.7. The predicted octanol–water partition coefficient (Wildman–Crippen LogP) is 4.34. The van der Waals surface area contributed by atoms with E-state index in [-0.39, 0.29) is 45.8 Å². The second kappa shape index (κ2) is 9.44. The quantitative estimate of drug-likeness (QED) is 0.328. The maximum Gasteiger partial charge on any atom is 0.255 e. The number of carbonyl (C=O) groups excluding carboxylic acids is 1. The van der Waals surface area contributed by atoms with Crippen LogP contribution in [0.2, 0.25) is 5.02 Å². The topological polar surface area (TPSA) is 105 Å². The van der Waals surface area contributed by atoms with Crippen LogP contribution in [0, 0.1) is 29.3 Å². The minimum Gasteiger partial charge on any atom is -0.399 e. The van der Waals surface area contributed by atoms with Crippen molar-refractivity contribution in [1.82, 2.24) is 0 Å². The van der Waals surface area contributed by atoms with Gasteiger partial charge in [-0.3, -0.25) is 4.79 Å². The third-order valence-electron chi connectivity index (χ3n) is 6.57. The fraction of sp³-hybridized carbons (Fsp3) is 0.391. The number of halogens is 4. The molecule has 4 rings (SSSR count). The minimum absolute atomic E-state index is 0.0819. The SMILES string of the molecule is CO/N=C/C1(O)CC2CCC(C1)C2S(=O)(=O)c1cc(C(=O)Nc2cc(F)c(F)c(F)c2)ccc1Cl. The Hall–Kier alpha value is -2.63. The fourth-order valence-corrected chi connectivity index (χ4v) is 8.02. The van der Waals surface area contributed by atoms with Gasteiger partial charge in [0, 0.05) is 23.4 Å². The molecule has 188 valence electrons. The number of rotatable bonds is 6. The molecule has 35 heavy (non-hydrogen) atoms. The lowest BCUT2D eigenvalue weighted by Gasteiger charge is -2.38. The first-order valence-corrected chi connectivity index (χ1v) is 12.7. The summed E-state index contributed by atoms with van der Waals surface area (Å²) in [5, 5.41) is 15.8. The zero-order valence-electron chi connectivity index (χ0n) is 18.5. The Morgan fingerprint density at radius 3 is 2.34 bits per heavy atom. The first kappa shape index (κ1) is 25.5. The number of fused-ring (bicyclic) bond motifs is 2. The summed E-state index contributed by atoms with van der Waals surface area (Å²) < 4.78 is 67.5. The number of nitrogens with one attached hydrogen (secondary N) is 1. The van der Waals surface area contributed by atoms with Crippen LogP contribution in [-0.2, 0) is 14.7 Å². The van der Waals surface area contributed by atoms with E-state index < -0.39 is 44.0 Å². The number of sulfone groups is 1. The highest BCUT2D eigenvalue weighted by Crippen LogP contribution is 2.51. The first-order valence-electron chi connectivity index (χ1n) is 10.7. The van der Waals surface area contributed by atoms with Crippen molar-refractivity contribution in [2.24, 2.45) is 17.0 Å². The van der Waals surface area contributed by atoms with Crippen molar-refractivity contribution in [1.29, 1.82) is 0 Å². The van der Waals surface area contributed by atoms with Crippen molar-refractivity contribution in [3.63, 3.8) is 0 Å². The first-order chi connectivity index (χ1) is 16.4. The lowest BCUT2D eigenvalue weighted by molar-refractivity contribution is 0.0441. The van der Waals surface area contributed by atoms with Gasteiger partial charge in [0.05, 0.1) is 21.4 Å². The van der Waals surface area contributed by atoms with Gasteiger partial charge in [-0.05, 0) is 55.7 Å². The molecule has 2 saturated carbocycles. The molecule has 2 fully saturated rings. The van der Waals surface area contributed by atoms with E-state index in [4.69, 9.17) is 11.6 Å². The van der Waals surface area contributed by atoms with Crippen LogP contribution < -0.4 is 5.32 Å². The molecular formula is C23H22ClF3N2O5S. The van der Waals surface area contributed by atoms with E-state index in [1.165, 1.54) is 25.5 Å². The molecule has 0 saturated heterocycles. The third kappa shape index (κ3) is 4.89. The Kier molecular flexibility index (Phi) is 6.87. The van der Waals surface area contributed by atoms with E-state index in [9.17, 15) is 31.5 Å². The number of hydrogen-bond donors (Lipinski definition) is 2. The van der Waals surface area contributed by atoms with E-state index in [0.717, 1.165) is 6.07 Å². The van der Waals surface area contributed by atoms with Crippen LogP contribution in [-0.4, -0.2) is 43.6 Å². The average molecular weight is 531 g/mol. The Labute approximate surface area is 204 Å². The molecule has 0 spiro atoms. The van der Waals surface area contributed by atoms with Gasteiger partial charge in [-0.25, -0.2) is 21.6 Å². The van der Waals surface area contributed by atoms with Gasteiger partial charge in [0.25, 0.3) is 5.91 Å². The van der Waals surface area contributed by atoms with E-state index in [0.29, 0.717) is 25.0 Å². The fourth-order valence-electron chi connectivity index (χ4n) is 5.17. The zero-order valence-corrected chi connectivity index (χ0v) is 20.0. The van der Waals surface area contributed by atoms with E-state index in [2.05, 4.69) is 15.3 Å². The molecule has 7 nitrogen and oxygen atoms in total. The van der Waals surface area contributed by atoms with Crippen molar-refractivity contribution < 1.29 is 36.3 Å². The van der Waals surface area contributed by atoms with Crippen LogP contribution >= 0.6 is 11.6 Å². The molecule has 2 N–H and O–H groups in total. The molecule has 0 aliphatic heterocycles. The largest absolute Gasteiger partial charge is 0.399 e. The molecule has 0 aromatic heterocycles. The molecule has 2 bridgehead atoms. The normalized spacial score (nSPS) is 26.2. The molecule has 2 aliphatic carbocycles. The predicted molar refractivity (Wildman–Crippen MR) is 123 cm³/mol. The number of hydrogen-bond acceptors (Lipinski definition) is 6. The Bertz CT molecular complexity index is 1270. The highest BCUT2D eigenvalue weighted by Gasteiger charge is 2.54. The van der Waals surface area contributed by atoms with Crippen molar-refractivity contribution >= 4 is 39.2 Å². The highest BCUT2D eigenvalue weighted by molar-refractivity contribution is 7.92. The molecule has 1 amide bonds. The Morgan fingerprint density at radius 2 is 1.77 bits per heavy atom. The summed E-state index contributed by atoms with van der Waals surface area (Å²) in [7, 11) is -2.67.